The quantitative estimate of drug-likeness (QED) is 0.880. The van der Waals surface area contributed by atoms with Crippen LogP contribution in [0.5, 0.6) is 0 Å². The number of nitriles is 1. The molecule has 2 aromatic rings. The van der Waals surface area contributed by atoms with Crippen molar-refractivity contribution in [3.8, 4) is 17.9 Å². The first-order valence-corrected chi connectivity index (χ1v) is 7.28. The Morgan fingerprint density at radius 3 is 2.75 bits per heavy atom. The Balaban J connectivity index is 1.80. The highest BCUT2D eigenvalue weighted by molar-refractivity contribution is 5.67. The van der Waals surface area contributed by atoms with Crippen molar-refractivity contribution in [1.29, 1.82) is 5.26 Å². The average molecular weight is 322 g/mol. The van der Waals surface area contributed by atoms with Crippen molar-refractivity contribution in [1.82, 2.24) is 5.32 Å². The van der Waals surface area contributed by atoms with Gasteiger partial charge in [0, 0.05) is 11.1 Å². The first-order chi connectivity index (χ1) is 11.7. The van der Waals surface area contributed by atoms with Crippen LogP contribution in [0.25, 0.3) is 0 Å². The third-order valence-electron chi connectivity index (χ3n) is 3.08. The van der Waals surface area contributed by atoms with E-state index in [0.29, 0.717) is 11.1 Å². The summed E-state index contributed by atoms with van der Waals surface area (Å²) < 4.78 is 18.4. The summed E-state index contributed by atoms with van der Waals surface area (Å²) in [6.07, 6.45) is -0.566. The number of carbonyl (C=O) groups excluding carboxylic acids is 1. The average Bonchev–Trinajstić information content (AvgIpc) is 2.60. The van der Waals surface area contributed by atoms with Crippen LogP contribution in [-0.4, -0.2) is 12.6 Å². The van der Waals surface area contributed by atoms with E-state index in [2.05, 4.69) is 17.2 Å². The van der Waals surface area contributed by atoms with E-state index < -0.39 is 11.9 Å². The summed E-state index contributed by atoms with van der Waals surface area (Å²) in [6.45, 7) is 0.300. The highest BCUT2D eigenvalue weighted by atomic mass is 19.1. The van der Waals surface area contributed by atoms with E-state index in [4.69, 9.17) is 10.00 Å². The Hall–Kier alpha value is -3.31. The maximum Gasteiger partial charge on any atom is 0.408 e. The predicted octanol–water partition coefficient (Wildman–Crippen LogP) is 3.17. The van der Waals surface area contributed by atoms with Crippen LogP contribution >= 0.6 is 0 Å². The molecular weight excluding hydrogens is 307 g/mol. The smallest absolute Gasteiger partial charge is 0.408 e. The second kappa shape index (κ2) is 8.97. The van der Waals surface area contributed by atoms with Gasteiger partial charge < -0.3 is 10.1 Å². The molecule has 0 aliphatic rings. The number of ether oxygens (including phenoxy) is 1. The zero-order valence-corrected chi connectivity index (χ0v) is 12.9. The van der Waals surface area contributed by atoms with Crippen molar-refractivity contribution >= 4 is 6.09 Å². The second-order valence-electron chi connectivity index (χ2n) is 4.86. The third kappa shape index (κ3) is 5.47. The molecule has 0 heterocycles. The van der Waals surface area contributed by atoms with Crippen LogP contribution < -0.4 is 5.32 Å². The number of hydrogen-bond donors (Lipinski definition) is 1. The Labute approximate surface area is 139 Å². The van der Waals surface area contributed by atoms with Crippen molar-refractivity contribution in [3.63, 3.8) is 0 Å². The van der Waals surface area contributed by atoms with Gasteiger partial charge in [-0.25, -0.2) is 9.18 Å². The maximum atomic E-state index is 13.4. The normalized spacial score (nSPS) is 9.33. The Morgan fingerprint density at radius 2 is 2.00 bits per heavy atom. The minimum absolute atomic E-state index is 0.00852. The van der Waals surface area contributed by atoms with Crippen LogP contribution in [0, 0.1) is 29.0 Å². The molecule has 0 fully saturated rings. The number of hydrogen-bond acceptors (Lipinski definition) is 3. The van der Waals surface area contributed by atoms with E-state index in [0.717, 1.165) is 5.56 Å². The highest BCUT2D eigenvalue weighted by Crippen LogP contribution is 2.10. The largest absolute Gasteiger partial charge is 0.445 e. The van der Waals surface area contributed by atoms with Crippen molar-refractivity contribution < 1.29 is 13.9 Å². The van der Waals surface area contributed by atoms with Gasteiger partial charge in [0.1, 0.15) is 12.4 Å². The lowest BCUT2D eigenvalue weighted by Gasteiger charge is -2.04. The van der Waals surface area contributed by atoms with Crippen molar-refractivity contribution in [3.05, 3.63) is 71.0 Å². The van der Waals surface area contributed by atoms with Gasteiger partial charge in [0.25, 0.3) is 0 Å². The first kappa shape index (κ1) is 17.1. The zero-order chi connectivity index (χ0) is 17.2. The van der Waals surface area contributed by atoms with Crippen molar-refractivity contribution in [2.45, 2.75) is 13.0 Å². The Bertz CT molecular complexity index is 802. The third-order valence-corrected chi connectivity index (χ3v) is 3.08. The number of nitrogens with one attached hydrogen (secondary N) is 1. The number of rotatable bonds is 4. The standard InChI is InChI=1S/C19H15FN2O2/c20-18-9-8-15(13-17(18)10-11-21)7-4-12-22-19(23)24-14-16-5-2-1-3-6-16/h1-3,5-6,8-9,13H,10,12,14H2,(H,22,23). The van der Waals surface area contributed by atoms with Gasteiger partial charge in [0.2, 0.25) is 0 Å². The molecule has 24 heavy (non-hydrogen) atoms. The summed E-state index contributed by atoms with van der Waals surface area (Å²) in [5.41, 5.74) is 1.79. The van der Waals surface area contributed by atoms with Gasteiger partial charge >= 0.3 is 6.09 Å². The fourth-order valence-electron chi connectivity index (χ4n) is 1.91. The van der Waals surface area contributed by atoms with E-state index in [-0.39, 0.29) is 19.6 Å². The summed E-state index contributed by atoms with van der Waals surface area (Å²) in [5.74, 6) is 5.13. The molecule has 4 nitrogen and oxygen atoms in total. The molecule has 1 N–H and O–H groups in total. The second-order valence-corrected chi connectivity index (χ2v) is 4.86. The van der Waals surface area contributed by atoms with Gasteiger partial charge in [-0.1, -0.05) is 42.2 Å². The lowest BCUT2D eigenvalue weighted by Crippen LogP contribution is -2.24. The maximum absolute atomic E-state index is 13.4. The van der Waals surface area contributed by atoms with Gasteiger partial charge in [-0.3, -0.25) is 0 Å². The lowest BCUT2D eigenvalue weighted by molar-refractivity contribution is 0.141. The number of amides is 1. The monoisotopic (exact) mass is 322 g/mol. The van der Waals surface area contributed by atoms with Crippen molar-refractivity contribution in [2.75, 3.05) is 6.54 Å². The topological polar surface area (TPSA) is 62.1 Å². The predicted molar refractivity (Wildman–Crippen MR) is 87.2 cm³/mol. The Kier molecular flexibility index (Phi) is 6.37. The molecule has 5 heteroatoms. The zero-order valence-electron chi connectivity index (χ0n) is 12.9. The molecule has 0 unspecified atom stereocenters. The first-order valence-electron chi connectivity index (χ1n) is 7.28. The van der Waals surface area contributed by atoms with E-state index in [1.807, 2.05) is 36.4 Å². The molecule has 0 spiro atoms. The summed E-state index contributed by atoms with van der Waals surface area (Å²) >= 11 is 0. The molecular formula is C19H15FN2O2. The Morgan fingerprint density at radius 1 is 1.21 bits per heavy atom. The minimum atomic E-state index is -0.558. The van der Waals surface area contributed by atoms with Gasteiger partial charge in [0.15, 0.2) is 0 Å². The van der Waals surface area contributed by atoms with Crippen molar-refractivity contribution in [2.24, 2.45) is 0 Å². The number of alkyl carbamates (subject to hydrolysis) is 1. The van der Waals surface area contributed by atoms with Gasteiger partial charge in [0.05, 0.1) is 19.0 Å². The number of halogens is 1. The lowest BCUT2D eigenvalue weighted by atomic mass is 10.1. The van der Waals surface area contributed by atoms with Crippen LogP contribution in [0.1, 0.15) is 16.7 Å². The van der Waals surface area contributed by atoms with E-state index in [1.54, 1.807) is 0 Å². The molecule has 0 aliphatic heterocycles. The van der Waals surface area contributed by atoms with Crippen LogP contribution in [0.4, 0.5) is 9.18 Å². The summed E-state index contributed by atoms with van der Waals surface area (Å²) in [5, 5.41) is 11.1. The van der Waals surface area contributed by atoms with E-state index >= 15 is 0 Å². The summed E-state index contributed by atoms with van der Waals surface area (Å²) in [6, 6.07) is 15.6. The molecule has 2 rings (SSSR count). The molecule has 0 aromatic heterocycles. The fourth-order valence-corrected chi connectivity index (χ4v) is 1.91. The van der Waals surface area contributed by atoms with Crippen LogP contribution in [0.2, 0.25) is 0 Å². The van der Waals surface area contributed by atoms with Crippen LogP contribution in [-0.2, 0) is 17.8 Å². The van der Waals surface area contributed by atoms with E-state index in [9.17, 15) is 9.18 Å². The molecule has 0 bridgehead atoms. The fraction of sp³-hybridized carbons (Fsp3) is 0.158. The molecule has 0 radical (unpaired) electrons. The SMILES string of the molecule is N#CCc1cc(C#CCNC(=O)OCc2ccccc2)ccc1F. The molecule has 0 saturated carbocycles. The minimum Gasteiger partial charge on any atom is -0.445 e. The number of benzene rings is 2. The van der Waals surface area contributed by atoms with Crippen LogP contribution in [0.15, 0.2) is 48.5 Å². The number of nitrogens with zero attached hydrogens (tertiary/aromatic N) is 1. The molecule has 1 amide bonds. The van der Waals surface area contributed by atoms with Gasteiger partial charge in [-0.15, -0.1) is 0 Å². The van der Waals surface area contributed by atoms with Gasteiger partial charge in [-0.2, -0.15) is 5.26 Å². The summed E-state index contributed by atoms with van der Waals surface area (Å²) in [4.78, 5) is 11.5. The number of carbonyl (C=O) groups is 1. The molecule has 0 atom stereocenters. The molecule has 120 valence electrons. The molecule has 0 aliphatic carbocycles. The highest BCUT2D eigenvalue weighted by Gasteiger charge is 2.02. The van der Waals surface area contributed by atoms with Gasteiger partial charge in [-0.05, 0) is 23.8 Å². The van der Waals surface area contributed by atoms with Crippen LogP contribution in [0.3, 0.4) is 0 Å². The molecule has 0 saturated heterocycles. The summed E-state index contributed by atoms with van der Waals surface area (Å²) in [7, 11) is 0. The molecule has 2 aromatic carbocycles. The van der Waals surface area contributed by atoms with E-state index in [1.165, 1.54) is 18.2 Å².